The van der Waals surface area contributed by atoms with Gasteiger partial charge in [0, 0.05) is 0 Å². The van der Waals surface area contributed by atoms with E-state index in [9.17, 15) is 9.59 Å². The van der Waals surface area contributed by atoms with Gasteiger partial charge in [-0.25, -0.2) is 4.98 Å². The maximum absolute atomic E-state index is 12.3. The van der Waals surface area contributed by atoms with E-state index in [2.05, 4.69) is 15.3 Å². The molecule has 0 saturated heterocycles. The van der Waals surface area contributed by atoms with Crippen LogP contribution in [0.5, 0.6) is 0 Å². The Morgan fingerprint density at radius 3 is 2.69 bits per heavy atom. The molecular weight excluding hydrogens is 352 g/mol. The number of anilines is 1. The maximum Gasteiger partial charge on any atom is 0.258 e. The molecule has 3 aromatic rings. The van der Waals surface area contributed by atoms with Crippen LogP contribution in [-0.2, 0) is 4.79 Å². The number of H-pyrrole nitrogens is 1. The summed E-state index contributed by atoms with van der Waals surface area (Å²) in [5.41, 5.74) is 1.01. The molecule has 0 radical (unpaired) electrons. The molecule has 1 atom stereocenters. The van der Waals surface area contributed by atoms with Gasteiger partial charge in [-0.3, -0.25) is 14.5 Å². The van der Waals surface area contributed by atoms with Crippen molar-refractivity contribution >= 4 is 34.1 Å². The number of fused-ring (bicyclic) bond motifs is 1. The van der Waals surface area contributed by atoms with E-state index >= 15 is 0 Å². The van der Waals surface area contributed by atoms with E-state index in [4.69, 9.17) is 11.6 Å². The zero-order valence-corrected chi connectivity index (χ0v) is 15.2. The third kappa shape index (κ3) is 3.92. The molecule has 3 rings (SSSR count). The van der Waals surface area contributed by atoms with Gasteiger partial charge in [0.1, 0.15) is 5.82 Å². The number of carbonyl (C=O) groups is 1. The fourth-order valence-corrected chi connectivity index (χ4v) is 2.81. The Bertz CT molecular complexity index is 1000. The molecule has 1 aromatic heterocycles. The lowest BCUT2D eigenvalue weighted by molar-refractivity contribution is -0.117. The van der Waals surface area contributed by atoms with Gasteiger partial charge < -0.3 is 10.3 Å². The molecule has 6 nitrogen and oxygen atoms in total. The van der Waals surface area contributed by atoms with E-state index in [1.54, 1.807) is 54.4 Å². The van der Waals surface area contributed by atoms with Gasteiger partial charge in [0.05, 0.1) is 34.2 Å². The molecule has 2 N–H and O–H groups in total. The molecule has 134 valence electrons. The second-order valence-corrected chi connectivity index (χ2v) is 6.49. The molecule has 7 heteroatoms. The number of benzene rings is 2. The van der Waals surface area contributed by atoms with Crippen molar-refractivity contribution < 1.29 is 4.79 Å². The monoisotopic (exact) mass is 370 g/mol. The van der Waals surface area contributed by atoms with Gasteiger partial charge >= 0.3 is 0 Å². The van der Waals surface area contributed by atoms with Gasteiger partial charge in [0.15, 0.2) is 0 Å². The minimum Gasteiger partial charge on any atom is -0.324 e. The van der Waals surface area contributed by atoms with Crippen LogP contribution in [0.2, 0.25) is 5.02 Å². The van der Waals surface area contributed by atoms with Crippen molar-refractivity contribution in [3.63, 3.8) is 0 Å². The first-order valence-electron chi connectivity index (χ1n) is 8.19. The van der Waals surface area contributed by atoms with Crippen molar-refractivity contribution in [3.05, 3.63) is 69.7 Å². The van der Waals surface area contributed by atoms with Crippen molar-refractivity contribution in [1.82, 2.24) is 14.9 Å². The Morgan fingerprint density at radius 1 is 1.23 bits per heavy atom. The van der Waals surface area contributed by atoms with E-state index < -0.39 is 0 Å². The Kier molecular flexibility index (Phi) is 5.35. The van der Waals surface area contributed by atoms with E-state index in [0.29, 0.717) is 27.4 Å². The fourth-order valence-electron chi connectivity index (χ4n) is 2.63. The number of halogens is 1. The topological polar surface area (TPSA) is 78.1 Å². The standard InChI is InChI=1S/C19H19ClN4O2/c1-12(18-22-15-9-5-3-7-13(15)19(26)23-18)24(2)11-17(25)21-16-10-6-4-8-14(16)20/h3-10,12H,11H2,1-2H3,(H,21,25)(H,22,23,26)/t12-/m1/s1. The van der Waals surface area contributed by atoms with Crippen LogP contribution < -0.4 is 10.9 Å². The second kappa shape index (κ2) is 7.68. The smallest absolute Gasteiger partial charge is 0.258 e. The number of rotatable bonds is 5. The van der Waals surface area contributed by atoms with Crippen LogP contribution in [0, 0.1) is 0 Å². The van der Waals surface area contributed by atoms with Crippen molar-refractivity contribution in [3.8, 4) is 0 Å². The van der Waals surface area contributed by atoms with Crippen LogP contribution in [-0.4, -0.2) is 34.4 Å². The highest BCUT2D eigenvalue weighted by atomic mass is 35.5. The largest absolute Gasteiger partial charge is 0.324 e. The van der Waals surface area contributed by atoms with Crippen molar-refractivity contribution in [2.45, 2.75) is 13.0 Å². The summed E-state index contributed by atoms with van der Waals surface area (Å²) >= 11 is 6.06. The summed E-state index contributed by atoms with van der Waals surface area (Å²) in [7, 11) is 1.80. The molecule has 0 saturated carbocycles. The van der Waals surface area contributed by atoms with Gasteiger partial charge in [-0.15, -0.1) is 0 Å². The number of nitrogens with zero attached hydrogens (tertiary/aromatic N) is 2. The van der Waals surface area contributed by atoms with Crippen LogP contribution >= 0.6 is 11.6 Å². The first kappa shape index (κ1) is 18.1. The van der Waals surface area contributed by atoms with E-state index in [1.165, 1.54) is 0 Å². The van der Waals surface area contributed by atoms with E-state index in [-0.39, 0.29) is 24.1 Å². The molecule has 0 bridgehead atoms. The Hall–Kier alpha value is -2.70. The Labute approximate surface area is 155 Å². The molecule has 1 amide bonds. The highest BCUT2D eigenvalue weighted by molar-refractivity contribution is 6.33. The molecule has 0 aliphatic heterocycles. The quantitative estimate of drug-likeness (QED) is 0.723. The van der Waals surface area contributed by atoms with Crippen LogP contribution in [0.3, 0.4) is 0 Å². The number of aromatic nitrogens is 2. The Balaban J connectivity index is 1.73. The molecule has 0 aliphatic rings. The number of aromatic amines is 1. The first-order valence-corrected chi connectivity index (χ1v) is 8.57. The number of carbonyl (C=O) groups excluding carboxylic acids is 1. The summed E-state index contributed by atoms with van der Waals surface area (Å²) in [6.45, 7) is 2.01. The predicted octanol–water partition coefficient (Wildman–Crippen LogP) is 3.21. The maximum atomic E-state index is 12.3. The van der Waals surface area contributed by atoms with Crippen LogP contribution in [0.15, 0.2) is 53.3 Å². The lowest BCUT2D eigenvalue weighted by atomic mass is 10.2. The van der Waals surface area contributed by atoms with Gasteiger partial charge in [-0.05, 0) is 38.2 Å². The summed E-state index contributed by atoms with van der Waals surface area (Å²) in [5, 5.41) is 3.81. The summed E-state index contributed by atoms with van der Waals surface area (Å²) in [4.78, 5) is 33.6. The molecule has 1 heterocycles. The summed E-state index contributed by atoms with van der Waals surface area (Å²) in [5.74, 6) is 0.317. The van der Waals surface area contributed by atoms with Gasteiger partial charge in [-0.2, -0.15) is 0 Å². The van der Waals surface area contributed by atoms with Crippen LogP contribution in [0.1, 0.15) is 18.8 Å². The van der Waals surface area contributed by atoms with E-state index in [1.807, 2.05) is 13.0 Å². The lowest BCUT2D eigenvalue weighted by Crippen LogP contribution is -2.33. The molecular formula is C19H19ClN4O2. The summed E-state index contributed by atoms with van der Waals surface area (Å²) in [6, 6.07) is 14.0. The highest BCUT2D eigenvalue weighted by Gasteiger charge is 2.18. The number of para-hydroxylation sites is 2. The normalized spacial score (nSPS) is 12.3. The average Bonchev–Trinajstić information content (AvgIpc) is 2.63. The number of likely N-dealkylation sites (N-methyl/N-ethyl adjacent to an activating group) is 1. The zero-order chi connectivity index (χ0) is 18.7. The van der Waals surface area contributed by atoms with Crippen molar-refractivity contribution in [1.29, 1.82) is 0 Å². The summed E-state index contributed by atoms with van der Waals surface area (Å²) < 4.78 is 0. The number of nitrogens with one attached hydrogen (secondary N) is 2. The molecule has 2 aromatic carbocycles. The zero-order valence-electron chi connectivity index (χ0n) is 14.5. The Morgan fingerprint density at radius 2 is 1.92 bits per heavy atom. The number of hydrogen-bond acceptors (Lipinski definition) is 4. The van der Waals surface area contributed by atoms with Gasteiger partial charge in [0.2, 0.25) is 5.91 Å². The van der Waals surface area contributed by atoms with Gasteiger partial charge in [-0.1, -0.05) is 35.9 Å². The lowest BCUT2D eigenvalue weighted by Gasteiger charge is -2.23. The first-order chi connectivity index (χ1) is 12.5. The van der Waals surface area contributed by atoms with Crippen LogP contribution in [0.4, 0.5) is 5.69 Å². The fraction of sp³-hybridized carbons (Fsp3) is 0.211. The molecule has 0 unspecified atom stereocenters. The molecule has 0 fully saturated rings. The van der Waals surface area contributed by atoms with Crippen molar-refractivity contribution in [2.24, 2.45) is 0 Å². The highest BCUT2D eigenvalue weighted by Crippen LogP contribution is 2.21. The molecule has 26 heavy (non-hydrogen) atoms. The molecule has 0 aliphatic carbocycles. The third-order valence-corrected chi connectivity index (χ3v) is 4.56. The molecule has 0 spiro atoms. The van der Waals surface area contributed by atoms with Gasteiger partial charge in [0.25, 0.3) is 5.56 Å². The number of hydrogen-bond donors (Lipinski definition) is 2. The third-order valence-electron chi connectivity index (χ3n) is 4.23. The predicted molar refractivity (Wildman–Crippen MR) is 103 cm³/mol. The minimum absolute atomic E-state index is 0.128. The van der Waals surface area contributed by atoms with Crippen LogP contribution in [0.25, 0.3) is 10.9 Å². The average molecular weight is 371 g/mol. The van der Waals surface area contributed by atoms with Crippen molar-refractivity contribution in [2.75, 3.05) is 18.9 Å². The SMILES string of the molecule is C[C@H](c1nc2ccccc2c(=O)[nH]1)N(C)CC(=O)Nc1ccccc1Cl. The summed E-state index contributed by atoms with van der Waals surface area (Å²) in [6.07, 6.45) is 0. The minimum atomic E-state index is -0.246. The number of amides is 1. The van der Waals surface area contributed by atoms with E-state index in [0.717, 1.165) is 0 Å². The second-order valence-electron chi connectivity index (χ2n) is 6.09.